The van der Waals surface area contributed by atoms with Crippen molar-refractivity contribution < 1.29 is 13.9 Å². The Labute approximate surface area is 143 Å². The van der Waals surface area contributed by atoms with E-state index in [0.717, 1.165) is 16.3 Å². The second kappa shape index (κ2) is 5.80. The quantitative estimate of drug-likeness (QED) is 0.783. The Hall–Kier alpha value is -2.04. The molecule has 0 unspecified atom stereocenters. The average Bonchev–Trinajstić information content (AvgIpc) is 2.49. The Morgan fingerprint density at radius 1 is 1.21 bits per heavy atom. The van der Waals surface area contributed by atoms with E-state index in [2.05, 4.69) is 0 Å². The van der Waals surface area contributed by atoms with E-state index in [4.69, 9.17) is 12.6 Å². The van der Waals surface area contributed by atoms with Crippen LogP contribution in [0, 0.1) is 0 Å². The maximum atomic E-state index is 15.4. The number of ether oxygens (including phenoxy) is 1. The fraction of sp³-hybridized carbons (Fsp3) is 0.421. The maximum absolute atomic E-state index is 15.4. The number of benzene rings is 2. The Morgan fingerprint density at radius 2 is 1.83 bits per heavy atom. The second-order valence-electron chi connectivity index (χ2n) is 7.32. The molecule has 24 heavy (non-hydrogen) atoms. The summed E-state index contributed by atoms with van der Waals surface area (Å²) in [5.41, 5.74) is -0.540. The van der Waals surface area contributed by atoms with Gasteiger partial charge >= 0.3 is 6.09 Å². The van der Waals surface area contributed by atoms with Gasteiger partial charge in [-0.1, -0.05) is 42.7 Å². The van der Waals surface area contributed by atoms with Gasteiger partial charge in [-0.25, -0.2) is 9.18 Å². The van der Waals surface area contributed by atoms with Gasteiger partial charge in [0.25, 0.3) is 0 Å². The zero-order valence-electron chi connectivity index (χ0n) is 14.3. The minimum atomic E-state index is -1.55. The van der Waals surface area contributed by atoms with E-state index in [0.29, 0.717) is 11.9 Å². The van der Waals surface area contributed by atoms with Crippen molar-refractivity contribution in [2.24, 2.45) is 0 Å². The van der Waals surface area contributed by atoms with Gasteiger partial charge in [0.2, 0.25) is 0 Å². The normalized spacial score (nSPS) is 16.8. The third-order valence-corrected chi connectivity index (χ3v) is 4.25. The molecule has 3 rings (SSSR count). The van der Waals surface area contributed by atoms with Gasteiger partial charge < -0.3 is 9.64 Å². The molecule has 1 saturated heterocycles. The number of alkyl halides is 1. The molecular weight excluding hydrogens is 304 g/mol. The van der Waals surface area contributed by atoms with E-state index < -0.39 is 17.4 Å². The minimum absolute atomic E-state index is 0.00782. The third-order valence-electron chi connectivity index (χ3n) is 4.25. The van der Waals surface area contributed by atoms with E-state index in [1.54, 1.807) is 26.8 Å². The summed E-state index contributed by atoms with van der Waals surface area (Å²) in [7, 11) is 5.78. The van der Waals surface area contributed by atoms with E-state index in [-0.39, 0.29) is 13.1 Å². The number of fused-ring (bicyclic) bond motifs is 1. The summed E-state index contributed by atoms with van der Waals surface area (Å²) in [5, 5.41) is 1.82. The third kappa shape index (κ3) is 3.00. The molecule has 1 aliphatic heterocycles. The molecule has 1 aliphatic rings. The fourth-order valence-corrected chi connectivity index (χ4v) is 3.11. The van der Waals surface area contributed by atoms with Gasteiger partial charge in [0.1, 0.15) is 5.60 Å². The summed E-state index contributed by atoms with van der Waals surface area (Å²) >= 11 is 0. The molecule has 0 atom stereocenters. The van der Waals surface area contributed by atoms with Crippen molar-refractivity contribution in [1.82, 2.24) is 4.90 Å². The van der Waals surface area contributed by atoms with Gasteiger partial charge in [-0.15, -0.1) is 0 Å². The number of carbonyl (C=O) groups excluding carboxylic acids is 1. The summed E-state index contributed by atoms with van der Waals surface area (Å²) in [6, 6.07) is 11.3. The SMILES string of the molecule is [B]Cc1ccc(C2(F)CN(C(=O)OC(C)(C)C)C2)c2ccccc12. The van der Waals surface area contributed by atoms with Gasteiger partial charge in [0.15, 0.2) is 5.67 Å². The molecule has 5 heteroatoms. The molecular formula is C19H21BFNO2. The highest BCUT2D eigenvalue weighted by Gasteiger charge is 2.49. The highest BCUT2D eigenvalue weighted by atomic mass is 19.1. The summed E-state index contributed by atoms with van der Waals surface area (Å²) in [6.07, 6.45) is -0.0666. The van der Waals surface area contributed by atoms with Crippen LogP contribution in [0.4, 0.5) is 9.18 Å². The lowest BCUT2D eigenvalue weighted by Crippen LogP contribution is -2.59. The molecule has 0 saturated carbocycles. The highest BCUT2D eigenvalue weighted by molar-refractivity contribution is 6.10. The zero-order chi connectivity index (χ0) is 17.5. The molecule has 124 valence electrons. The van der Waals surface area contributed by atoms with Crippen molar-refractivity contribution >= 4 is 24.7 Å². The molecule has 2 aromatic rings. The van der Waals surface area contributed by atoms with Crippen LogP contribution >= 0.6 is 0 Å². The molecule has 1 fully saturated rings. The number of amides is 1. The molecule has 2 aromatic carbocycles. The lowest BCUT2D eigenvalue weighted by Gasteiger charge is -2.45. The van der Waals surface area contributed by atoms with Crippen LogP contribution in [0.3, 0.4) is 0 Å². The number of nitrogens with zero attached hydrogens (tertiary/aromatic N) is 1. The number of halogens is 1. The van der Waals surface area contributed by atoms with Crippen molar-refractivity contribution in [3.05, 3.63) is 47.5 Å². The second-order valence-corrected chi connectivity index (χ2v) is 7.32. The first-order valence-electron chi connectivity index (χ1n) is 8.11. The summed E-state index contributed by atoms with van der Waals surface area (Å²) in [6.45, 7) is 5.41. The van der Waals surface area contributed by atoms with Gasteiger partial charge in [-0.2, -0.15) is 0 Å². The molecule has 0 aromatic heterocycles. The fourth-order valence-electron chi connectivity index (χ4n) is 3.11. The summed E-state index contributed by atoms with van der Waals surface area (Å²) in [4.78, 5) is 13.4. The maximum Gasteiger partial charge on any atom is 0.410 e. The van der Waals surface area contributed by atoms with Crippen LogP contribution in [0.2, 0.25) is 0 Å². The molecule has 0 bridgehead atoms. The molecule has 2 radical (unpaired) electrons. The Balaban J connectivity index is 1.86. The lowest BCUT2D eigenvalue weighted by molar-refractivity contribution is -0.0531. The van der Waals surface area contributed by atoms with Crippen LogP contribution in [0.1, 0.15) is 31.9 Å². The smallest absolute Gasteiger partial charge is 0.410 e. The molecule has 0 spiro atoms. The Morgan fingerprint density at radius 3 is 2.42 bits per heavy atom. The van der Waals surface area contributed by atoms with Crippen molar-refractivity contribution in [3.63, 3.8) is 0 Å². The van der Waals surface area contributed by atoms with Gasteiger partial charge in [-0.3, -0.25) is 0 Å². The van der Waals surface area contributed by atoms with Crippen LogP contribution in [-0.4, -0.2) is 37.5 Å². The van der Waals surface area contributed by atoms with Crippen molar-refractivity contribution in [1.29, 1.82) is 0 Å². The van der Waals surface area contributed by atoms with Gasteiger partial charge in [0, 0.05) is 5.56 Å². The number of hydrogen-bond donors (Lipinski definition) is 0. The Bertz CT molecular complexity index is 779. The first-order chi connectivity index (χ1) is 11.2. The topological polar surface area (TPSA) is 29.5 Å². The van der Waals surface area contributed by atoms with E-state index in [1.807, 2.05) is 30.3 Å². The standard InChI is InChI=1S/C19H21BFNO2/c1-18(2,3)24-17(23)22-11-19(21,12-22)16-9-8-13(10-20)14-6-4-5-7-15(14)16/h4-9H,10-12H2,1-3H3. The van der Waals surface area contributed by atoms with Gasteiger partial charge in [-0.05, 0) is 37.1 Å². The summed E-state index contributed by atoms with van der Waals surface area (Å²) in [5.74, 6) is 0. The molecule has 0 aliphatic carbocycles. The zero-order valence-corrected chi connectivity index (χ0v) is 14.3. The summed E-state index contributed by atoms with van der Waals surface area (Å²) < 4.78 is 20.7. The van der Waals surface area contributed by atoms with Crippen molar-refractivity contribution in [2.45, 2.75) is 38.4 Å². The minimum Gasteiger partial charge on any atom is -0.444 e. The van der Waals surface area contributed by atoms with Crippen LogP contribution in [0.5, 0.6) is 0 Å². The molecule has 3 nitrogen and oxygen atoms in total. The predicted octanol–water partition coefficient (Wildman–Crippen LogP) is 3.92. The van der Waals surface area contributed by atoms with Gasteiger partial charge in [0.05, 0.1) is 20.9 Å². The van der Waals surface area contributed by atoms with Crippen molar-refractivity contribution in [2.75, 3.05) is 13.1 Å². The van der Waals surface area contributed by atoms with Crippen LogP contribution in [0.15, 0.2) is 36.4 Å². The number of likely N-dealkylation sites (tertiary alicyclic amines) is 1. The lowest BCUT2D eigenvalue weighted by atomic mass is 9.82. The monoisotopic (exact) mass is 325 g/mol. The molecule has 1 heterocycles. The first kappa shape index (κ1) is 16.8. The predicted molar refractivity (Wildman–Crippen MR) is 94.0 cm³/mol. The van der Waals surface area contributed by atoms with Crippen LogP contribution in [0.25, 0.3) is 10.8 Å². The molecule has 1 amide bonds. The number of hydrogen-bond acceptors (Lipinski definition) is 2. The Kier molecular flexibility index (Phi) is 4.06. The molecule has 0 N–H and O–H groups in total. The highest BCUT2D eigenvalue weighted by Crippen LogP contribution is 2.41. The number of rotatable bonds is 2. The van der Waals surface area contributed by atoms with Crippen molar-refractivity contribution in [3.8, 4) is 0 Å². The average molecular weight is 325 g/mol. The first-order valence-corrected chi connectivity index (χ1v) is 8.11. The van der Waals surface area contributed by atoms with Crippen LogP contribution in [-0.2, 0) is 16.7 Å². The van der Waals surface area contributed by atoms with E-state index >= 15 is 4.39 Å². The van der Waals surface area contributed by atoms with E-state index in [9.17, 15) is 4.79 Å². The van der Waals surface area contributed by atoms with Crippen LogP contribution < -0.4 is 0 Å². The van der Waals surface area contributed by atoms with E-state index in [1.165, 1.54) is 4.90 Å². The largest absolute Gasteiger partial charge is 0.444 e. The number of carbonyl (C=O) groups is 1.